The molecule has 0 saturated heterocycles. The quantitative estimate of drug-likeness (QED) is 0.416. The molecule has 6 rings (SSSR count). The molecule has 1 aliphatic heterocycles. The van der Waals surface area contributed by atoms with Gasteiger partial charge in [-0.15, -0.1) is 0 Å². The molecule has 3 aromatic heterocycles. The van der Waals surface area contributed by atoms with Gasteiger partial charge in [-0.2, -0.15) is 0 Å². The molecule has 1 fully saturated rings. The van der Waals surface area contributed by atoms with Gasteiger partial charge in [0, 0.05) is 53.1 Å². The lowest BCUT2D eigenvalue weighted by molar-refractivity contribution is -0.141. The molecule has 1 aromatic carbocycles. The molecule has 4 aromatic rings. The number of carbonyl (C=O) groups excluding carboxylic acids is 1. The maximum absolute atomic E-state index is 13.2. The standard InChI is InChI=1S/C26H22ClN5O3S/c27-19-3-1-2-15(9-19)22(33)24(35)32-7-4-21-20(13-32)23(34)31-25(30-21)26(5-6-26)18-8-16(10-28-12-18)17-11-29-36-14-17/h1-3,8-12,14,22,33H,4-7,13H2,(H,30,31,34)/t22-/m1/s1. The van der Waals surface area contributed by atoms with Gasteiger partial charge in [0.25, 0.3) is 11.5 Å². The highest BCUT2D eigenvalue weighted by atomic mass is 35.5. The van der Waals surface area contributed by atoms with Gasteiger partial charge in [0.15, 0.2) is 6.10 Å². The Kier molecular flexibility index (Phi) is 5.70. The predicted molar refractivity (Wildman–Crippen MR) is 136 cm³/mol. The lowest BCUT2D eigenvalue weighted by Crippen LogP contribution is -2.42. The van der Waals surface area contributed by atoms with Gasteiger partial charge in [-0.1, -0.05) is 23.7 Å². The topological polar surface area (TPSA) is 112 Å². The van der Waals surface area contributed by atoms with Gasteiger partial charge in [0.1, 0.15) is 5.82 Å². The zero-order chi connectivity index (χ0) is 24.9. The summed E-state index contributed by atoms with van der Waals surface area (Å²) in [6.45, 7) is 0.470. The molecule has 4 heterocycles. The van der Waals surface area contributed by atoms with Crippen molar-refractivity contribution in [1.29, 1.82) is 0 Å². The molecule has 10 heteroatoms. The summed E-state index contributed by atoms with van der Waals surface area (Å²) in [6, 6.07) is 8.69. The number of H-pyrrole nitrogens is 1. The van der Waals surface area contributed by atoms with Crippen molar-refractivity contribution in [1.82, 2.24) is 24.2 Å². The number of pyridine rings is 1. The molecular weight excluding hydrogens is 498 g/mol. The third kappa shape index (κ3) is 4.03. The zero-order valence-corrected chi connectivity index (χ0v) is 20.7. The number of hydrogen-bond donors (Lipinski definition) is 2. The number of nitrogens with one attached hydrogen (secondary N) is 1. The Morgan fingerprint density at radius 2 is 2.06 bits per heavy atom. The summed E-state index contributed by atoms with van der Waals surface area (Å²) in [5.41, 5.74) is 3.99. The molecule has 0 bridgehead atoms. The number of halogens is 1. The van der Waals surface area contributed by atoms with Crippen LogP contribution in [-0.4, -0.2) is 41.8 Å². The number of hydrogen-bond acceptors (Lipinski definition) is 7. The maximum Gasteiger partial charge on any atom is 0.256 e. The summed E-state index contributed by atoms with van der Waals surface area (Å²) in [5.74, 6) is 0.184. The van der Waals surface area contributed by atoms with Crippen LogP contribution in [-0.2, 0) is 23.2 Å². The smallest absolute Gasteiger partial charge is 0.256 e. The van der Waals surface area contributed by atoms with Gasteiger partial charge in [0.2, 0.25) is 0 Å². The highest BCUT2D eigenvalue weighted by molar-refractivity contribution is 7.03. The average molecular weight is 520 g/mol. The highest BCUT2D eigenvalue weighted by Crippen LogP contribution is 2.52. The predicted octanol–water partition coefficient (Wildman–Crippen LogP) is 3.64. The fourth-order valence-electron chi connectivity index (χ4n) is 4.83. The minimum absolute atomic E-state index is 0.101. The molecule has 182 valence electrons. The first-order valence-corrected chi connectivity index (χ1v) is 12.9. The van der Waals surface area contributed by atoms with E-state index in [1.54, 1.807) is 24.3 Å². The number of aliphatic hydroxyl groups excluding tert-OH is 1. The fraction of sp³-hybridized carbons (Fsp3) is 0.269. The van der Waals surface area contributed by atoms with E-state index in [9.17, 15) is 14.7 Å². The first-order chi connectivity index (χ1) is 17.4. The van der Waals surface area contributed by atoms with Gasteiger partial charge in [0.05, 0.1) is 23.2 Å². The average Bonchev–Trinajstić information content (AvgIpc) is 3.53. The second-order valence-corrected chi connectivity index (χ2v) is 10.4. The Morgan fingerprint density at radius 3 is 2.81 bits per heavy atom. The molecule has 2 N–H and O–H groups in total. The third-order valence-corrected chi connectivity index (χ3v) is 7.86. The Morgan fingerprint density at radius 1 is 1.19 bits per heavy atom. The molecule has 1 aliphatic carbocycles. The van der Waals surface area contributed by atoms with Crippen molar-refractivity contribution in [3.8, 4) is 11.1 Å². The van der Waals surface area contributed by atoms with Gasteiger partial charge in [-0.3, -0.25) is 14.6 Å². The normalized spacial score (nSPS) is 16.9. The largest absolute Gasteiger partial charge is 0.378 e. The van der Waals surface area contributed by atoms with Crippen LogP contribution in [0.5, 0.6) is 0 Å². The minimum atomic E-state index is -1.34. The monoisotopic (exact) mass is 519 g/mol. The number of nitrogens with zero attached hydrogens (tertiary/aromatic N) is 4. The summed E-state index contributed by atoms with van der Waals surface area (Å²) in [5, 5.41) is 13.0. The Balaban J connectivity index is 1.27. The van der Waals surface area contributed by atoms with E-state index in [0.717, 1.165) is 29.5 Å². The van der Waals surface area contributed by atoms with E-state index in [-0.39, 0.29) is 17.5 Å². The SMILES string of the molecule is O=C([C@H](O)c1cccc(Cl)c1)N1CCc2nc(C3(c4cncc(-c5cnsc5)c4)CC3)[nH]c(=O)c2C1. The van der Waals surface area contributed by atoms with Crippen molar-refractivity contribution < 1.29 is 9.90 Å². The van der Waals surface area contributed by atoms with Gasteiger partial charge < -0.3 is 15.0 Å². The summed E-state index contributed by atoms with van der Waals surface area (Å²) in [6.07, 6.45) is 6.32. The molecule has 0 spiro atoms. The Labute approximate surface area is 215 Å². The van der Waals surface area contributed by atoms with Crippen molar-refractivity contribution >= 4 is 29.0 Å². The number of benzene rings is 1. The lowest BCUT2D eigenvalue weighted by atomic mass is 9.94. The van der Waals surface area contributed by atoms with Crippen LogP contribution in [0.4, 0.5) is 0 Å². The second kappa shape index (κ2) is 8.92. The van der Waals surface area contributed by atoms with Crippen LogP contribution < -0.4 is 5.56 Å². The number of amides is 1. The molecule has 0 unspecified atom stereocenters. The van der Waals surface area contributed by atoms with Gasteiger partial charge in [-0.05, 0) is 53.7 Å². The highest BCUT2D eigenvalue weighted by Gasteiger charge is 2.49. The van der Waals surface area contributed by atoms with E-state index in [2.05, 4.69) is 20.4 Å². The van der Waals surface area contributed by atoms with Crippen LogP contribution in [0.3, 0.4) is 0 Å². The maximum atomic E-state index is 13.2. The number of rotatable bonds is 5. The number of fused-ring (bicyclic) bond motifs is 1. The zero-order valence-electron chi connectivity index (χ0n) is 19.1. The van der Waals surface area contributed by atoms with Crippen molar-refractivity contribution in [2.24, 2.45) is 0 Å². The molecule has 0 radical (unpaired) electrons. The van der Waals surface area contributed by atoms with E-state index < -0.39 is 12.0 Å². The summed E-state index contributed by atoms with van der Waals surface area (Å²) in [7, 11) is 0. The molecular formula is C26H22ClN5O3S. The van der Waals surface area contributed by atoms with Crippen LogP contribution in [0, 0.1) is 0 Å². The van der Waals surface area contributed by atoms with E-state index in [0.29, 0.717) is 40.6 Å². The molecule has 1 amide bonds. The molecule has 36 heavy (non-hydrogen) atoms. The number of aromatic amines is 1. The first-order valence-electron chi connectivity index (χ1n) is 11.6. The first kappa shape index (κ1) is 23.0. The van der Waals surface area contributed by atoms with E-state index in [4.69, 9.17) is 16.6 Å². The minimum Gasteiger partial charge on any atom is -0.378 e. The molecule has 1 saturated carbocycles. The third-order valence-electron chi connectivity index (χ3n) is 7.04. The number of aliphatic hydroxyl groups is 1. The fourth-order valence-corrected chi connectivity index (χ4v) is 5.57. The second-order valence-electron chi connectivity index (χ2n) is 9.26. The summed E-state index contributed by atoms with van der Waals surface area (Å²) in [4.78, 5) is 39.9. The van der Waals surface area contributed by atoms with Gasteiger partial charge in [-0.25, -0.2) is 9.36 Å². The van der Waals surface area contributed by atoms with E-state index in [1.165, 1.54) is 16.4 Å². The lowest BCUT2D eigenvalue weighted by Gasteiger charge is -2.30. The van der Waals surface area contributed by atoms with E-state index in [1.807, 2.05) is 24.0 Å². The van der Waals surface area contributed by atoms with Crippen molar-refractivity contribution in [2.45, 2.75) is 37.3 Å². The Bertz CT molecular complexity index is 1520. The van der Waals surface area contributed by atoms with Crippen LogP contribution >= 0.6 is 23.1 Å². The van der Waals surface area contributed by atoms with E-state index >= 15 is 0 Å². The van der Waals surface area contributed by atoms with Crippen LogP contribution in [0.2, 0.25) is 5.02 Å². The van der Waals surface area contributed by atoms with Gasteiger partial charge >= 0.3 is 0 Å². The number of aromatic nitrogens is 4. The van der Waals surface area contributed by atoms with Crippen molar-refractivity contribution in [3.05, 3.63) is 97.9 Å². The summed E-state index contributed by atoms with van der Waals surface area (Å²) >= 11 is 7.40. The van der Waals surface area contributed by atoms with Crippen molar-refractivity contribution in [3.63, 3.8) is 0 Å². The van der Waals surface area contributed by atoms with Crippen molar-refractivity contribution in [2.75, 3.05) is 6.54 Å². The number of carbonyl (C=O) groups is 1. The summed E-state index contributed by atoms with van der Waals surface area (Å²) < 4.78 is 4.18. The van der Waals surface area contributed by atoms with Crippen LogP contribution in [0.1, 0.15) is 47.2 Å². The molecule has 2 aliphatic rings. The van der Waals surface area contributed by atoms with Crippen LogP contribution in [0.15, 0.2) is 59.1 Å². The molecule has 8 nitrogen and oxygen atoms in total. The molecule has 1 atom stereocenters. The Hall–Kier alpha value is -3.40. The van der Waals surface area contributed by atoms with Crippen LogP contribution in [0.25, 0.3) is 11.1 Å².